The van der Waals surface area contributed by atoms with Gasteiger partial charge in [0.1, 0.15) is 0 Å². The predicted molar refractivity (Wildman–Crippen MR) is 62.5 cm³/mol. The first kappa shape index (κ1) is 12.7. The van der Waals surface area contributed by atoms with Crippen LogP contribution in [0.3, 0.4) is 0 Å². The van der Waals surface area contributed by atoms with Crippen LogP contribution in [0, 0.1) is 0 Å². The average Bonchev–Trinajstić information content (AvgIpc) is 2.00. The number of sulfone groups is 1. The zero-order valence-electron chi connectivity index (χ0n) is 8.57. The Morgan fingerprint density at radius 3 is 2.13 bits per heavy atom. The second-order valence-corrected chi connectivity index (χ2v) is 6.93. The van der Waals surface area contributed by atoms with Gasteiger partial charge in [0, 0.05) is 4.47 Å². The van der Waals surface area contributed by atoms with Gasteiger partial charge in [-0.25, -0.2) is 8.42 Å². The van der Waals surface area contributed by atoms with Crippen LogP contribution in [0.15, 0.2) is 33.6 Å². The van der Waals surface area contributed by atoms with Crippen LogP contribution in [0.1, 0.15) is 13.8 Å². The lowest BCUT2D eigenvalue weighted by Crippen LogP contribution is -2.30. The Labute approximate surface area is 98.2 Å². The molecule has 0 saturated carbocycles. The lowest BCUT2D eigenvalue weighted by molar-refractivity contribution is 0.105. The van der Waals surface area contributed by atoms with E-state index in [4.69, 9.17) is 0 Å². The summed E-state index contributed by atoms with van der Waals surface area (Å²) in [6, 6.07) is 6.37. The first-order valence-electron chi connectivity index (χ1n) is 4.41. The van der Waals surface area contributed by atoms with Gasteiger partial charge in [-0.3, -0.25) is 0 Å². The summed E-state index contributed by atoms with van der Waals surface area (Å²) in [7, 11) is -3.41. The van der Waals surface area contributed by atoms with Crippen LogP contribution in [0.2, 0.25) is 0 Å². The summed E-state index contributed by atoms with van der Waals surface area (Å²) < 4.78 is 24.4. The summed E-state index contributed by atoms with van der Waals surface area (Å²) in [6.45, 7) is 2.95. The van der Waals surface area contributed by atoms with Crippen LogP contribution in [0.25, 0.3) is 0 Å². The fraction of sp³-hybridized carbons (Fsp3) is 0.400. The van der Waals surface area contributed by atoms with Gasteiger partial charge >= 0.3 is 0 Å². The van der Waals surface area contributed by atoms with E-state index in [1.54, 1.807) is 12.1 Å². The minimum absolute atomic E-state index is 0.229. The quantitative estimate of drug-likeness (QED) is 0.927. The Bertz CT molecular complexity index is 429. The SMILES string of the molecule is CC(C)(O)CS(=O)(=O)c1ccc(Br)cc1. The Morgan fingerprint density at radius 2 is 1.73 bits per heavy atom. The van der Waals surface area contributed by atoms with Gasteiger partial charge in [-0.05, 0) is 38.1 Å². The molecule has 0 spiro atoms. The van der Waals surface area contributed by atoms with Crippen LogP contribution in [-0.4, -0.2) is 24.9 Å². The second kappa shape index (κ2) is 4.23. The molecule has 1 aromatic carbocycles. The maximum Gasteiger partial charge on any atom is 0.181 e. The molecule has 5 heteroatoms. The smallest absolute Gasteiger partial charge is 0.181 e. The maximum absolute atomic E-state index is 11.8. The van der Waals surface area contributed by atoms with Crippen LogP contribution < -0.4 is 0 Å². The van der Waals surface area contributed by atoms with E-state index in [0.717, 1.165) is 4.47 Å². The molecule has 1 rings (SSSR count). The lowest BCUT2D eigenvalue weighted by Gasteiger charge is -2.16. The molecule has 84 valence electrons. The van der Waals surface area contributed by atoms with E-state index in [1.807, 2.05) is 0 Å². The third-order valence-electron chi connectivity index (χ3n) is 1.72. The number of halogens is 1. The van der Waals surface area contributed by atoms with E-state index in [-0.39, 0.29) is 10.6 Å². The average molecular weight is 293 g/mol. The molecule has 0 heterocycles. The minimum atomic E-state index is -3.41. The summed E-state index contributed by atoms with van der Waals surface area (Å²) in [5.41, 5.74) is -1.22. The van der Waals surface area contributed by atoms with Crippen molar-refractivity contribution in [3.63, 3.8) is 0 Å². The van der Waals surface area contributed by atoms with Crippen molar-refractivity contribution in [3.8, 4) is 0 Å². The molecule has 1 aromatic rings. The molecule has 0 aliphatic rings. The Kier molecular flexibility index (Phi) is 3.58. The fourth-order valence-electron chi connectivity index (χ4n) is 1.19. The topological polar surface area (TPSA) is 54.4 Å². The van der Waals surface area contributed by atoms with Gasteiger partial charge in [-0.2, -0.15) is 0 Å². The van der Waals surface area contributed by atoms with Crippen molar-refractivity contribution in [1.82, 2.24) is 0 Å². The first-order chi connectivity index (χ1) is 6.71. The fourth-order valence-corrected chi connectivity index (χ4v) is 3.10. The molecule has 0 fully saturated rings. The van der Waals surface area contributed by atoms with Crippen LogP contribution in [-0.2, 0) is 9.84 Å². The predicted octanol–water partition coefficient (Wildman–Crippen LogP) is 1.99. The lowest BCUT2D eigenvalue weighted by atomic mass is 10.2. The molecule has 0 aromatic heterocycles. The van der Waals surface area contributed by atoms with Gasteiger partial charge < -0.3 is 5.11 Å². The van der Waals surface area contributed by atoms with Gasteiger partial charge in [-0.1, -0.05) is 15.9 Å². The van der Waals surface area contributed by atoms with Crippen molar-refractivity contribution in [1.29, 1.82) is 0 Å². The molecule has 15 heavy (non-hydrogen) atoms. The van der Waals surface area contributed by atoms with Crippen molar-refractivity contribution in [2.45, 2.75) is 24.3 Å². The van der Waals surface area contributed by atoms with Crippen molar-refractivity contribution >= 4 is 25.8 Å². The highest BCUT2D eigenvalue weighted by atomic mass is 79.9. The summed E-state index contributed by atoms with van der Waals surface area (Å²) in [4.78, 5) is 0.229. The molecule has 0 unspecified atom stereocenters. The molecule has 3 nitrogen and oxygen atoms in total. The van der Waals surface area contributed by atoms with E-state index in [1.165, 1.54) is 26.0 Å². The van der Waals surface area contributed by atoms with Gasteiger partial charge in [0.15, 0.2) is 9.84 Å². The zero-order valence-corrected chi connectivity index (χ0v) is 11.0. The van der Waals surface area contributed by atoms with Crippen molar-refractivity contribution < 1.29 is 13.5 Å². The number of hydrogen-bond acceptors (Lipinski definition) is 3. The van der Waals surface area contributed by atoms with E-state index in [0.29, 0.717) is 0 Å². The summed E-state index contributed by atoms with van der Waals surface area (Å²) in [6.07, 6.45) is 0. The largest absolute Gasteiger partial charge is 0.389 e. The van der Waals surface area contributed by atoms with Crippen molar-refractivity contribution in [2.24, 2.45) is 0 Å². The monoisotopic (exact) mass is 292 g/mol. The molecule has 0 aliphatic heterocycles. The highest BCUT2D eigenvalue weighted by Crippen LogP contribution is 2.18. The molecule has 0 atom stereocenters. The van der Waals surface area contributed by atoms with Crippen molar-refractivity contribution in [2.75, 3.05) is 5.75 Å². The molecule has 0 saturated heterocycles. The van der Waals surface area contributed by atoms with E-state index < -0.39 is 15.4 Å². The normalized spacial score (nSPS) is 12.8. The third-order valence-corrected chi connectivity index (χ3v) is 4.32. The molecule has 0 amide bonds. The second-order valence-electron chi connectivity index (χ2n) is 4.03. The highest BCUT2D eigenvalue weighted by Gasteiger charge is 2.24. The number of benzene rings is 1. The number of aliphatic hydroxyl groups is 1. The molecular weight excluding hydrogens is 280 g/mol. The summed E-state index contributed by atoms with van der Waals surface area (Å²) in [5, 5.41) is 9.48. The summed E-state index contributed by atoms with van der Waals surface area (Å²) in [5.74, 6) is -0.276. The van der Waals surface area contributed by atoms with E-state index >= 15 is 0 Å². The number of hydrogen-bond donors (Lipinski definition) is 1. The Balaban J connectivity index is 3.02. The maximum atomic E-state index is 11.8. The highest BCUT2D eigenvalue weighted by molar-refractivity contribution is 9.10. The Morgan fingerprint density at radius 1 is 1.27 bits per heavy atom. The van der Waals surface area contributed by atoms with Gasteiger partial charge in [-0.15, -0.1) is 0 Å². The van der Waals surface area contributed by atoms with Gasteiger partial charge in [0.05, 0.1) is 16.2 Å². The van der Waals surface area contributed by atoms with Crippen LogP contribution in [0.4, 0.5) is 0 Å². The molecule has 0 radical (unpaired) electrons. The summed E-state index contributed by atoms with van der Waals surface area (Å²) >= 11 is 3.23. The standard InChI is InChI=1S/C10H13BrO3S/c1-10(2,12)7-15(13,14)9-5-3-8(11)4-6-9/h3-6,12H,7H2,1-2H3. The minimum Gasteiger partial charge on any atom is -0.389 e. The van der Waals surface area contributed by atoms with Crippen molar-refractivity contribution in [3.05, 3.63) is 28.7 Å². The third kappa shape index (κ3) is 3.93. The van der Waals surface area contributed by atoms with E-state index in [9.17, 15) is 13.5 Å². The van der Waals surface area contributed by atoms with E-state index in [2.05, 4.69) is 15.9 Å². The van der Waals surface area contributed by atoms with Gasteiger partial charge in [0.2, 0.25) is 0 Å². The molecule has 1 N–H and O–H groups in total. The zero-order chi connectivity index (χ0) is 11.7. The molecule has 0 bridgehead atoms. The molecular formula is C10H13BrO3S. The first-order valence-corrected chi connectivity index (χ1v) is 6.86. The van der Waals surface area contributed by atoms with Gasteiger partial charge in [0.25, 0.3) is 0 Å². The Hall–Kier alpha value is -0.390. The molecule has 0 aliphatic carbocycles. The van der Waals surface area contributed by atoms with Crippen LogP contribution in [0.5, 0.6) is 0 Å². The van der Waals surface area contributed by atoms with Crippen LogP contribution >= 0.6 is 15.9 Å². The number of rotatable bonds is 3.